The van der Waals surface area contributed by atoms with E-state index in [1.54, 1.807) is 33.8 Å². The summed E-state index contributed by atoms with van der Waals surface area (Å²) in [5.74, 6) is -4.06. The maximum atomic E-state index is 12.8. The molecule has 176 valence electrons. The molecule has 2 heterocycles. The molecule has 0 spiro atoms. The summed E-state index contributed by atoms with van der Waals surface area (Å²) >= 11 is 0. The highest BCUT2D eigenvalue weighted by Crippen LogP contribution is 2.47. The Bertz CT molecular complexity index is 913. The van der Waals surface area contributed by atoms with Crippen molar-refractivity contribution in [2.75, 3.05) is 0 Å². The van der Waals surface area contributed by atoms with Gasteiger partial charge in [0.2, 0.25) is 0 Å². The summed E-state index contributed by atoms with van der Waals surface area (Å²) in [5, 5.41) is 11.5. The number of carbonyl (C=O) groups excluding carboxylic acids is 4. The molecule has 2 aliphatic heterocycles. The van der Waals surface area contributed by atoms with Crippen molar-refractivity contribution >= 4 is 23.7 Å². The molecule has 0 saturated carbocycles. The van der Waals surface area contributed by atoms with E-state index in [2.05, 4.69) is 0 Å². The molecular formula is C24H32O8. The van der Waals surface area contributed by atoms with Crippen LogP contribution < -0.4 is 0 Å². The molecule has 0 aromatic heterocycles. The van der Waals surface area contributed by atoms with Gasteiger partial charge in [-0.05, 0) is 57.1 Å². The van der Waals surface area contributed by atoms with Gasteiger partial charge in [-0.3, -0.25) is 14.4 Å². The Morgan fingerprint density at radius 2 is 1.91 bits per heavy atom. The van der Waals surface area contributed by atoms with Crippen molar-refractivity contribution < 1.29 is 38.5 Å². The van der Waals surface area contributed by atoms with E-state index < -0.39 is 52.8 Å². The second kappa shape index (κ2) is 8.46. The molecule has 2 fully saturated rings. The molecule has 0 bridgehead atoms. The molecule has 32 heavy (non-hydrogen) atoms. The van der Waals surface area contributed by atoms with Crippen LogP contribution in [0.4, 0.5) is 0 Å². The number of allylic oxidation sites excluding steroid dienone is 2. The van der Waals surface area contributed by atoms with E-state index in [0.29, 0.717) is 24.2 Å². The van der Waals surface area contributed by atoms with Crippen molar-refractivity contribution in [2.45, 2.75) is 84.5 Å². The minimum absolute atomic E-state index is 0.0832. The number of fused-ring (bicyclic) bond motifs is 2. The van der Waals surface area contributed by atoms with Crippen LogP contribution in [-0.4, -0.2) is 46.1 Å². The summed E-state index contributed by atoms with van der Waals surface area (Å²) in [6, 6.07) is 0. The van der Waals surface area contributed by atoms with E-state index in [-0.39, 0.29) is 18.8 Å². The van der Waals surface area contributed by atoms with Crippen LogP contribution in [-0.2, 0) is 33.4 Å². The Morgan fingerprint density at radius 3 is 2.50 bits per heavy atom. The van der Waals surface area contributed by atoms with Crippen molar-refractivity contribution in [1.29, 1.82) is 0 Å². The monoisotopic (exact) mass is 448 g/mol. The maximum absolute atomic E-state index is 12.8. The van der Waals surface area contributed by atoms with Gasteiger partial charge in [0.1, 0.15) is 23.1 Å². The van der Waals surface area contributed by atoms with E-state index >= 15 is 0 Å². The van der Waals surface area contributed by atoms with Crippen LogP contribution in [0.3, 0.4) is 0 Å². The highest BCUT2D eigenvalue weighted by molar-refractivity contribution is 6.37. The van der Waals surface area contributed by atoms with Crippen LogP contribution in [0.25, 0.3) is 0 Å². The summed E-state index contributed by atoms with van der Waals surface area (Å²) in [7, 11) is 0. The number of esters is 3. The van der Waals surface area contributed by atoms with Crippen molar-refractivity contribution in [3.05, 3.63) is 23.0 Å². The summed E-state index contributed by atoms with van der Waals surface area (Å²) < 4.78 is 16.7. The predicted octanol–water partition coefficient (Wildman–Crippen LogP) is 2.77. The second-order valence-corrected chi connectivity index (χ2v) is 9.71. The van der Waals surface area contributed by atoms with Gasteiger partial charge in [0.15, 0.2) is 0 Å². The number of hydrogen-bond acceptors (Lipinski definition) is 8. The Morgan fingerprint density at radius 1 is 1.25 bits per heavy atom. The minimum atomic E-state index is -1.89. The van der Waals surface area contributed by atoms with Crippen LogP contribution in [0.5, 0.6) is 0 Å². The third-order valence-electron chi connectivity index (χ3n) is 7.17. The van der Waals surface area contributed by atoms with E-state index in [1.165, 1.54) is 6.92 Å². The van der Waals surface area contributed by atoms with E-state index in [9.17, 15) is 24.3 Å². The van der Waals surface area contributed by atoms with Gasteiger partial charge in [0, 0.05) is 12.8 Å². The zero-order valence-electron chi connectivity index (χ0n) is 19.5. The maximum Gasteiger partial charge on any atom is 0.378 e. The minimum Gasteiger partial charge on any atom is -0.457 e. The van der Waals surface area contributed by atoms with Crippen LogP contribution in [0.15, 0.2) is 23.0 Å². The van der Waals surface area contributed by atoms with Gasteiger partial charge in [0.25, 0.3) is 5.78 Å². The fourth-order valence-corrected chi connectivity index (χ4v) is 5.25. The van der Waals surface area contributed by atoms with Gasteiger partial charge in [-0.25, -0.2) is 4.79 Å². The number of carbonyl (C=O) groups is 4. The number of aliphatic hydroxyl groups is 1. The molecule has 0 aromatic rings. The van der Waals surface area contributed by atoms with Crippen LogP contribution in [0.2, 0.25) is 0 Å². The van der Waals surface area contributed by atoms with Crippen molar-refractivity contribution in [2.24, 2.45) is 17.8 Å². The molecule has 1 N–H and O–H groups in total. The molecule has 3 rings (SSSR count). The molecule has 0 aromatic carbocycles. The molecule has 8 nitrogen and oxygen atoms in total. The molecule has 5 unspecified atom stereocenters. The Hall–Kier alpha value is -2.48. The molecule has 3 aliphatic rings. The Kier molecular flexibility index (Phi) is 6.39. The molecule has 2 saturated heterocycles. The first-order valence-corrected chi connectivity index (χ1v) is 11.1. The first-order chi connectivity index (χ1) is 14.8. The third kappa shape index (κ3) is 4.00. The predicted molar refractivity (Wildman–Crippen MR) is 113 cm³/mol. The lowest BCUT2D eigenvalue weighted by Crippen LogP contribution is -2.66. The standard InChI is InChI=1S/C24H32O8/c1-12(2)24(29)17-8-7-13(3)19(30-15(5)25)16-11-18(26)31-20(16)14(4)9-10-23(17,6)32-22(28)21(24)27/h7,12,16-17,19,29H,8-11H2,1-6H3. The first kappa shape index (κ1) is 24.2. The molecule has 1 aliphatic carbocycles. The average molecular weight is 449 g/mol. The zero-order chi connectivity index (χ0) is 24.0. The Labute approximate surface area is 188 Å². The van der Waals surface area contributed by atoms with Gasteiger partial charge >= 0.3 is 17.9 Å². The van der Waals surface area contributed by atoms with Gasteiger partial charge in [0.05, 0.1) is 12.3 Å². The highest BCUT2D eigenvalue weighted by atomic mass is 16.6. The number of rotatable bonds is 2. The number of ether oxygens (including phenoxy) is 3. The number of hydrogen-bond donors (Lipinski definition) is 1. The fourth-order valence-electron chi connectivity index (χ4n) is 5.25. The van der Waals surface area contributed by atoms with Crippen LogP contribution in [0, 0.1) is 17.8 Å². The van der Waals surface area contributed by atoms with Gasteiger partial charge in [-0.1, -0.05) is 19.9 Å². The molecule has 5 atom stereocenters. The van der Waals surface area contributed by atoms with Crippen LogP contribution >= 0.6 is 0 Å². The molecule has 0 radical (unpaired) electrons. The highest BCUT2D eigenvalue weighted by Gasteiger charge is 2.61. The zero-order valence-corrected chi connectivity index (χ0v) is 19.5. The normalized spacial score (nSPS) is 35.9. The van der Waals surface area contributed by atoms with Crippen LogP contribution in [0.1, 0.15) is 67.2 Å². The number of ketones is 1. The van der Waals surface area contributed by atoms with Crippen molar-refractivity contribution in [1.82, 2.24) is 0 Å². The molecule has 8 heteroatoms. The van der Waals surface area contributed by atoms with E-state index in [1.807, 2.05) is 6.92 Å². The summed E-state index contributed by atoms with van der Waals surface area (Å²) in [6.45, 7) is 10.1. The van der Waals surface area contributed by atoms with E-state index in [0.717, 1.165) is 5.57 Å². The smallest absolute Gasteiger partial charge is 0.378 e. The van der Waals surface area contributed by atoms with Crippen molar-refractivity contribution in [3.63, 3.8) is 0 Å². The lowest BCUT2D eigenvalue weighted by Gasteiger charge is -2.50. The molecule has 0 amide bonds. The largest absolute Gasteiger partial charge is 0.457 e. The first-order valence-electron chi connectivity index (χ1n) is 11.1. The SMILES string of the molecule is CC(=O)OC1C(C)=CCC2C(C)(CCC(C)=C3OC(=O)CC31)OC(=O)C(=O)C2(O)C(C)C. The van der Waals surface area contributed by atoms with Crippen molar-refractivity contribution in [3.8, 4) is 0 Å². The summed E-state index contributed by atoms with van der Waals surface area (Å²) in [5.41, 5.74) is -1.57. The lowest BCUT2D eigenvalue weighted by atomic mass is 9.63. The van der Waals surface area contributed by atoms with Gasteiger partial charge < -0.3 is 19.3 Å². The summed E-state index contributed by atoms with van der Waals surface area (Å²) in [4.78, 5) is 49.2. The lowest BCUT2D eigenvalue weighted by molar-refractivity contribution is -0.214. The third-order valence-corrected chi connectivity index (χ3v) is 7.17. The average Bonchev–Trinajstić information content (AvgIpc) is 3.08. The summed E-state index contributed by atoms with van der Waals surface area (Å²) in [6.07, 6.45) is 2.13. The quantitative estimate of drug-likeness (QED) is 0.297. The second-order valence-electron chi connectivity index (χ2n) is 9.71. The van der Waals surface area contributed by atoms with Gasteiger partial charge in [-0.2, -0.15) is 0 Å². The topological polar surface area (TPSA) is 116 Å². The Balaban J connectivity index is 2.15. The molecular weight excluding hydrogens is 416 g/mol. The fraction of sp³-hybridized carbons (Fsp3) is 0.667. The van der Waals surface area contributed by atoms with E-state index in [4.69, 9.17) is 14.2 Å². The van der Waals surface area contributed by atoms with Gasteiger partial charge in [-0.15, -0.1) is 0 Å². The number of Topliss-reactive ketones (excluding diaryl/α,β-unsaturated/α-hetero) is 1.